The molecule has 1 aliphatic heterocycles. The van der Waals surface area contributed by atoms with Crippen molar-refractivity contribution in [3.63, 3.8) is 0 Å². The molecule has 0 unspecified atom stereocenters. The van der Waals surface area contributed by atoms with Crippen LogP contribution in [0.25, 0.3) is 6.08 Å². The molecule has 37 heavy (non-hydrogen) atoms. The molecule has 3 aromatic rings. The van der Waals surface area contributed by atoms with Gasteiger partial charge in [-0.05, 0) is 71.9 Å². The molecule has 0 spiro atoms. The lowest BCUT2D eigenvalue weighted by atomic mass is 10.2. The zero-order chi connectivity index (χ0) is 26.7. The van der Waals surface area contributed by atoms with Crippen molar-refractivity contribution in [3.8, 4) is 5.75 Å². The van der Waals surface area contributed by atoms with Gasteiger partial charge in [0.05, 0.1) is 15.0 Å². The number of halogens is 5. The summed E-state index contributed by atoms with van der Waals surface area (Å²) in [6, 6.07) is 13.1. The smallest absolute Gasteiger partial charge is 0.294 e. The monoisotopic (exact) mass is 598 g/mol. The largest absolute Gasteiger partial charge is 0.486 e. The lowest BCUT2D eigenvalue weighted by molar-refractivity contribution is -0.127. The summed E-state index contributed by atoms with van der Waals surface area (Å²) in [4.78, 5) is 38.4. The Labute approximate surface area is 235 Å². The highest BCUT2D eigenvalue weighted by Gasteiger charge is 2.36. The number of imide groups is 1. The van der Waals surface area contributed by atoms with E-state index >= 15 is 0 Å². The minimum Gasteiger partial charge on any atom is -0.486 e. The van der Waals surface area contributed by atoms with Crippen molar-refractivity contribution in [1.29, 1.82) is 0 Å². The Morgan fingerprint density at radius 3 is 2.30 bits per heavy atom. The summed E-state index contributed by atoms with van der Waals surface area (Å²) in [6.07, 6.45) is 1.44. The summed E-state index contributed by atoms with van der Waals surface area (Å²) < 4.78 is 18.8. The molecule has 1 fully saturated rings. The maximum Gasteiger partial charge on any atom is 0.294 e. The van der Waals surface area contributed by atoms with Gasteiger partial charge >= 0.3 is 0 Å². The van der Waals surface area contributed by atoms with Crippen molar-refractivity contribution in [2.24, 2.45) is 0 Å². The van der Waals surface area contributed by atoms with Gasteiger partial charge in [-0.2, -0.15) is 0 Å². The fourth-order valence-electron chi connectivity index (χ4n) is 3.25. The molecule has 12 heteroatoms. The van der Waals surface area contributed by atoms with Crippen LogP contribution in [0.3, 0.4) is 0 Å². The highest BCUT2D eigenvalue weighted by atomic mass is 35.5. The summed E-state index contributed by atoms with van der Waals surface area (Å²) in [5.41, 5.74) is 1.46. The van der Waals surface area contributed by atoms with E-state index in [0.29, 0.717) is 38.6 Å². The molecule has 0 aliphatic carbocycles. The summed E-state index contributed by atoms with van der Waals surface area (Å²) in [5, 5.41) is 3.19. The van der Waals surface area contributed by atoms with E-state index in [1.807, 2.05) is 0 Å². The van der Waals surface area contributed by atoms with Gasteiger partial charge in [0.25, 0.3) is 11.1 Å². The first-order chi connectivity index (χ1) is 17.6. The third kappa shape index (κ3) is 6.77. The van der Waals surface area contributed by atoms with Crippen LogP contribution in [-0.4, -0.2) is 28.5 Å². The first kappa shape index (κ1) is 27.3. The maximum atomic E-state index is 13.0. The van der Waals surface area contributed by atoms with Crippen molar-refractivity contribution in [1.82, 2.24) is 4.90 Å². The Morgan fingerprint density at radius 1 is 0.973 bits per heavy atom. The molecule has 1 heterocycles. The zero-order valence-corrected chi connectivity index (χ0v) is 22.4. The van der Waals surface area contributed by atoms with Gasteiger partial charge in [-0.1, -0.05) is 52.5 Å². The van der Waals surface area contributed by atoms with E-state index in [1.54, 1.807) is 18.2 Å². The van der Waals surface area contributed by atoms with Crippen LogP contribution in [0, 0.1) is 5.82 Å². The number of amides is 3. The van der Waals surface area contributed by atoms with Crippen LogP contribution in [-0.2, 0) is 16.2 Å². The standard InChI is InChI=1S/C25H15Cl4FN2O4S/c26-15-2-1-14(18(27)10-15)12-36-23-19(28)7-13(8-20(23)29)9-21-24(34)32(25(35)37-21)11-22(33)31-17-5-3-16(30)4-6-17/h1-10H,11-12H2,(H,31,33)/b21-9-. The fraction of sp³-hybridized carbons (Fsp3) is 0.0800. The van der Waals surface area contributed by atoms with Crippen molar-refractivity contribution < 1.29 is 23.5 Å². The number of ether oxygens (including phenoxy) is 1. The minimum absolute atomic E-state index is 0.0909. The SMILES string of the molecule is O=C(CN1C(=O)S/C(=C\c2cc(Cl)c(OCc3ccc(Cl)cc3Cl)c(Cl)c2)C1=O)Nc1ccc(F)cc1. The Bertz CT molecular complexity index is 1410. The number of anilines is 1. The van der Waals surface area contributed by atoms with Crippen LogP contribution in [0.1, 0.15) is 11.1 Å². The van der Waals surface area contributed by atoms with E-state index < -0.39 is 29.4 Å². The second-order valence-corrected chi connectivity index (χ2v) is 10.3. The number of nitrogens with zero attached hydrogens (tertiary/aromatic N) is 1. The maximum absolute atomic E-state index is 13.0. The molecule has 0 atom stereocenters. The average molecular weight is 600 g/mol. The van der Waals surface area contributed by atoms with Crippen LogP contribution >= 0.6 is 58.2 Å². The normalized spacial score (nSPS) is 14.4. The molecule has 1 N–H and O–H groups in total. The molecular formula is C25H15Cl4FN2O4S. The summed E-state index contributed by atoms with van der Waals surface area (Å²) >= 11 is 25.5. The summed E-state index contributed by atoms with van der Waals surface area (Å²) in [6.45, 7) is -0.408. The molecule has 4 rings (SSSR count). The molecule has 0 radical (unpaired) electrons. The van der Waals surface area contributed by atoms with E-state index in [0.717, 1.165) is 4.90 Å². The molecule has 0 aromatic heterocycles. The Hall–Kier alpha value is -2.75. The fourth-order valence-corrected chi connectivity index (χ4v) is 5.17. The van der Waals surface area contributed by atoms with Gasteiger partial charge in [0.1, 0.15) is 19.0 Å². The molecule has 6 nitrogen and oxygen atoms in total. The number of hydrogen-bond acceptors (Lipinski definition) is 5. The average Bonchev–Trinajstić information content (AvgIpc) is 3.08. The minimum atomic E-state index is -0.644. The van der Waals surface area contributed by atoms with Gasteiger partial charge in [-0.25, -0.2) is 4.39 Å². The Morgan fingerprint density at radius 2 is 1.65 bits per heavy atom. The first-order valence-corrected chi connectivity index (χ1v) is 12.8. The van der Waals surface area contributed by atoms with E-state index in [9.17, 15) is 18.8 Å². The van der Waals surface area contributed by atoms with E-state index in [4.69, 9.17) is 51.1 Å². The molecule has 3 aromatic carbocycles. The lowest BCUT2D eigenvalue weighted by Crippen LogP contribution is -2.36. The molecular weight excluding hydrogens is 585 g/mol. The van der Waals surface area contributed by atoms with Gasteiger partial charge in [-0.15, -0.1) is 0 Å². The van der Waals surface area contributed by atoms with Crippen molar-refractivity contribution in [2.45, 2.75) is 6.61 Å². The van der Waals surface area contributed by atoms with Crippen molar-refractivity contribution in [2.75, 3.05) is 11.9 Å². The molecule has 190 valence electrons. The first-order valence-electron chi connectivity index (χ1n) is 10.5. The van der Waals surface area contributed by atoms with Gasteiger partial charge < -0.3 is 10.1 Å². The van der Waals surface area contributed by atoms with E-state index in [-0.39, 0.29) is 27.3 Å². The number of carbonyl (C=O) groups is 3. The molecule has 1 aliphatic rings. The summed E-state index contributed by atoms with van der Waals surface area (Å²) in [5.74, 6) is -1.49. The number of thioether (sulfide) groups is 1. The Balaban J connectivity index is 1.44. The van der Waals surface area contributed by atoms with Crippen molar-refractivity contribution in [3.05, 3.63) is 96.5 Å². The third-order valence-electron chi connectivity index (χ3n) is 5.01. The zero-order valence-electron chi connectivity index (χ0n) is 18.6. The van der Waals surface area contributed by atoms with Gasteiger partial charge in [0.15, 0.2) is 5.75 Å². The second-order valence-electron chi connectivity index (χ2n) is 7.66. The number of benzene rings is 3. The van der Waals surface area contributed by atoms with Crippen LogP contribution in [0.2, 0.25) is 20.1 Å². The lowest BCUT2D eigenvalue weighted by Gasteiger charge is -2.13. The van der Waals surface area contributed by atoms with Crippen LogP contribution in [0.5, 0.6) is 5.75 Å². The van der Waals surface area contributed by atoms with Crippen molar-refractivity contribution >= 4 is 87.0 Å². The quantitative estimate of drug-likeness (QED) is 0.282. The molecule has 0 saturated carbocycles. The molecule has 0 bridgehead atoms. The second kappa shape index (κ2) is 11.8. The van der Waals surface area contributed by atoms with Crippen LogP contribution < -0.4 is 10.1 Å². The van der Waals surface area contributed by atoms with E-state index in [2.05, 4.69) is 5.32 Å². The number of carbonyl (C=O) groups excluding carboxylic acids is 3. The third-order valence-corrected chi connectivity index (χ3v) is 7.06. The molecule has 3 amide bonds. The van der Waals surface area contributed by atoms with Gasteiger partial charge in [0.2, 0.25) is 5.91 Å². The van der Waals surface area contributed by atoms with Gasteiger partial charge in [-0.3, -0.25) is 19.3 Å². The van der Waals surface area contributed by atoms with E-state index in [1.165, 1.54) is 42.5 Å². The highest BCUT2D eigenvalue weighted by molar-refractivity contribution is 8.18. The Kier molecular flexibility index (Phi) is 8.67. The molecule has 1 saturated heterocycles. The number of nitrogens with one attached hydrogen (secondary N) is 1. The topological polar surface area (TPSA) is 75.7 Å². The highest BCUT2D eigenvalue weighted by Crippen LogP contribution is 2.38. The van der Waals surface area contributed by atoms with Gasteiger partial charge in [0, 0.05) is 21.3 Å². The summed E-state index contributed by atoms with van der Waals surface area (Å²) in [7, 11) is 0. The predicted molar refractivity (Wildman–Crippen MR) is 145 cm³/mol. The van der Waals surface area contributed by atoms with Crippen LogP contribution in [0.15, 0.2) is 59.5 Å². The number of hydrogen-bond donors (Lipinski definition) is 1. The van der Waals surface area contributed by atoms with Crippen LogP contribution in [0.4, 0.5) is 14.9 Å². The predicted octanol–water partition coefficient (Wildman–Crippen LogP) is 7.69. The number of rotatable bonds is 7.